The Bertz CT molecular complexity index is 1100. The van der Waals surface area contributed by atoms with Gasteiger partial charge in [-0.15, -0.1) is 11.3 Å². The minimum Gasteiger partial charge on any atom is -0.258 e. The molecule has 7 nitrogen and oxygen atoms in total. The summed E-state index contributed by atoms with van der Waals surface area (Å²) in [5.74, 6) is 0. The first-order valence-electron chi connectivity index (χ1n) is 7.27. The highest BCUT2D eigenvalue weighted by molar-refractivity contribution is 7.93. The van der Waals surface area contributed by atoms with Crippen LogP contribution in [0.4, 0.5) is 10.8 Å². The Labute approximate surface area is 158 Å². The van der Waals surface area contributed by atoms with Crippen LogP contribution in [0.25, 0.3) is 11.3 Å². The number of aryl methyl sites for hydroxylation is 1. The Hall–Kier alpha value is -2.49. The van der Waals surface area contributed by atoms with Crippen molar-refractivity contribution in [2.24, 2.45) is 0 Å². The fourth-order valence-electron chi connectivity index (χ4n) is 2.35. The number of hydrogen-bond acceptors (Lipinski definition) is 6. The third-order valence-electron chi connectivity index (χ3n) is 3.47. The zero-order valence-electron chi connectivity index (χ0n) is 13.3. The Balaban J connectivity index is 1.97. The molecule has 0 aliphatic heterocycles. The number of aromatic nitrogens is 1. The highest BCUT2D eigenvalue weighted by Crippen LogP contribution is 2.33. The molecule has 3 rings (SSSR count). The zero-order chi connectivity index (χ0) is 18.9. The van der Waals surface area contributed by atoms with Crippen LogP contribution in [-0.2, 0) is 10.0 Å². The fourth-order valence-corrected chi connectivity index (χ4v) is 4.78. The van der Waals surface area contributed by atoms with Crippen molar-refractivity contribution in [3.05, 3.63) is 68.5 Å². The summed E-state index contributed by atoms with van der Waals surface area (Å²) in [7, 11) is -4.15. The zero-order valence-corrected chi connectivity index (χ0v) is 15.7. The third kappa shape index (κ3) is 3.69. The summed E-state index contributed by atoms with van der Waals surface area (Å²) >= 11 is 7.12. The van der Waals surface area contributed by atoms with Crippen molar-refractivity contribution in [2.45, 2.75) is 11.8 Å². The van der Waals surface area contributed by atoms with Gasteiger partial charge < -0.3 is 0 Å². The molecule has 1 aromatic heterocycles. The number of nitrogens with zero attached hydrogens (tertiary/aromatic N) is 2. The molecule has 2 aromatic carbocycles. The summed E-state index contributed by atoms with van der Waals surface area (Å²) in [6, 6.07) is 12.2. The van der Waals surface area contributed by atoms with Crippen LogP contribution >= 0.6 is 22.9 Å². The van der Waals surface area contributed by atoms with Gasteiger partial charge in [0.2, 0.25) is 0 Å². The number of halogens is 1. The molecule has 0 saturated heterocycles. The number of sulfonamides is 1. The average Bonchev–Trinajstić information content (AvgIpc) is 2.94. The Morgan fingerprint density at radius 1 is 1.19 bits per heavy atom. The lowest BCUT2D eigenvalue weighted by molar-refractivity contribution is -0.387. The van der Waals surface area contributed by atoms with E-state index in [0.717, 1.165) is 27.8 Å². The molecule has 134 valence electrons. The number of para-hydroxylation sites is 1. The maximum atomic E-state index is 12.6. The summed E-state index contributed by atoms with van der Waals surface area (Å²) < 4.78 is 27.5. The van der Waals surface area contributed by atoms with Crippen molar-refractivity contribution in [1.29, 1.82) is 0 Å². The van der Waals surface area contributed by atoms with Gasteiger partial charge in [0, 0.05) is 21.5 Å². The van der Waals surface area contributed by atoms with Crippen LogP contribution in [0.5, 0.6) is 0 Å². The highest BCUT2D eigenvalue weighted by atomic mass is 35.5. The molecule has 10 heteroatoms. The van der Waals surface area contributed by atoms with Crippen LogP contribution in [0.15, 0.2) is 53.4 Å². The van der Waals surface area contributed by atoms with Gasteiger partial charge in [0.1, 0.15) is 0 Å². The number of nitrogens with one attached hydrogen (secondary N) is 1. The topological polar surface area (TPSA) is 102 Å². The van der Waals surface area contributed by atoms with E-state index in [0.29, 0.717) is 10.7 Å². The van der Waals surface area contributed by atoms with Crippen LogP contribution in [0.3, 0.4) is 0 Å². The minimum absolute atomic E-state index is 0.121. The average molecular weight is 410 g/mol. The van der Waals surface area contributed by atoms with E-state index < -0.39 is 25.5 Å². The smallest absolute Gasteiger partial charge is 0.258 e. The van der Waals surface area contributed by atoms with Crippen molar-refractivity contribution in [1.82, 2.24) is 4.98 Å². The second kappa shape index (κ2) is 7.02. The van der Waals surface area contributed by atoms with Gasteiger partial charge in [0.25, 0.3) is 15.7 Å². The van der Waals surface area contributed by atoms with Gasteiger partial charge in [-0.1, -0.05) is 35.9 Å². The lowest BCUT2D eigenvalue weighted by Crippen LogP contribution is -2.14. The molecule has 0 bridgehead atoms. The Morgan fingerprint density at radius 3 is 2.62 bits per heavy atom. The van der Waals surface area contributed by atoms with E-state index in [4.69, 9.17) is 11.6 Å². The molecule has 0 aliphatic rings. The molecule has 0 atom stereocenters. The molecule has 26 heavy (non-hydrogen) atoms. The second-order valence-electron chi connectivity index (χ2n) is 5.26. The molecule has 3 aromatic rings. The van der Waals surface area contributed by atoms with Gasteiger partial charge in [-0.2, -0.15) is 0 Å². The van der Waals surface area contributed by atoms with E-state index >= 15 is 0 Å². The van der Waals surface area contributed by atoms with E-state index in [1.807, 2.05) is 6.07 Å². The molecule has 1 heterocycles. The quantitative estimate of drug-likeness (QED) is 0.494. The standard InChI is InChI=1S/C16H12ClN3O4S2/c1-10-15(11-5-4-6-12(17)9-11)18-16(25-10)19-26(23,24)14-8-3-2-7-13(14)20(21)22/h2-9H,1H3,(H,18,19). The summed E-state index contributed by atoms with van der Waals surface area (Å²) in [5, 5.41) is 11.7. The normalized spacial score (nSPS) is 11.3. The molecular weight excluding hydrogens is 398 g/mol. The van der Waals surface area contributed by atoms with Crippen molar-refractivity contribution in [3.63, 3.8) is 0 Å². The first-order chi connectivity index (χ1) is 12.3. The summed E-state index contributed by atoms with van der Waals surface area (Å²) in [5.41, 5.74) is 0.850. The predicted octanol–water partition coefficient (Wildman–Crippen LogP) is 4.48. The molecule has 0 radical (unpaired) electrons. The molecule has 0 saturated carbocycles. The summed E-state index contributed by atoms with van der Waals surface area (Å²) in [6.45, 7) is 1.80. The maximum absolute atomic E-state index is 12.6. The van der Waals surface area contributed by atoms with Crippen LogP contribution in [0.2, 0.25) is 5.02 Å². The summed E-state index contributed by atoms with van der Waals surface area (Å²) in [6.07, 6.45) is 0. The van der Waals surface area contributed by atoms with Crippen molar-refractivity contribution >= 4 is 43.8 Å². The van der Waals surface area contributed by atoms with Gasteiger partial charge in [-0.25, -0.2) is 13.4 Å². The number of benzene rings is 2. The molecule has 0 aliphatic carbocycles. The number of nitro groups is 1. The molecule has 1 N–H and O–H groups in total. The number of thiazole rings is 1. The lowest BCUT2D eigenvalue weighted by atomic mass is 10.1. The molecule has 0 unspecified atom stereocenters. The van der Waals surface area contributed by atoms with Gasteiger partial charge in [-0.05, 0) is 25.1 Å². The third-order valence-corrected chi connectivity index (χ3v) is 6.10. The maximum Gasteiger partial charge on any atom is 0.289 e. The SMILES string of the molecule is Cc1sc(NS(=O)(=O)c2ccccc2[N+](=O)[O-])nc1-c1cccc(Cl)c1. The van der Waals surface area contributed by atoms with Gasteiger partial charge in [0.05, 0.1) is 10.6 Å². The predicted molar refractivity (Wildman–Crippen MR) is 101 cm³/mol. The van der Waals surface area contributed by atoms with Crippen molar-refractivity contribution < 1.29 is 13.3 Å². The van der Waals surface area contributed by atoms with E-state index in [1.165, 1.54) is 18.2 Å². The van der Waals surface area contributed by atoms with Crippen LogP contribution in [0.1, 0.15) is 4.88 Å². The lowest BCUT2D eigenvalue weighted by Gasteiger charge is -2.05. The first kappa shape index (κ1) is 18.3. The molecular formula is C16H12ClN3O4S2. The molecule has 0 amide bonds. The summed E-state index contributed by atoms with van der Waals surface area (Å²) in [4.78, 5) is 15.0. The van der Waals surface area contributed by atoms with Crippen LogP contribution < -0.4 is 4.72 Å². The van der Waals surface area contributed by atoms with Crippen LogP contribution in [0, 0.1) is 17.0 Å². The van der Waals surface area contributed by atoms with Gasteiger partial charge in [-0.3, -0.25) is 14.8 Å². The Morgan fingerprint density at radius 2 is 1.92 bits per heavy atom. The minimum atomic E-state index is -4.15. The van der Waals surface area contributed by atoms with Crippen molar-refractivity contribution in [3.8, 4) is 11.3 Å². The molecule has 0 spiro atoms. The molecule has 0 fully saturated rings. The van der Waals surface area contributed by atoms with Crippen molar-refractivity contribution in [2.75, 3.05) is 4.72 Å². The monoisotopic (exact) mass is 409 g/mol. The number of nitro benzene ring substituents is 1. The number of rotatable bonds is 5. The largest absolute Gasteiger partial charge is 0.289 e. The van der Waals surface area contributed by atoms with E-state index in [2.05, 4.69) is 9.71 Å². The van der Waals surface area contributed by atoms with E-state index in [9.17, 15) is 18.5 Å². The van der Waals surface area contributed by atoms with E-state index in [-0.39, 0.29) is 5.13 Å². The highest BCUT2D eigenvalue weighted by Gasteiger charge is 2.26. The van der Waals surface area contributed by atoms with Gasteiger partial charge >= 0.3 is 0 Å². The second-order valence-corrected chi connectivity index (χ2v) is 8.55. The Kier molecular flexibility index (Phi) is 4.94. The fraction of sp³-hybridized carbons (Fsp3) is 0.0625. The van der Waals surface area contributed by atoms with Crippen LogP contribution in [-0.4, -0.2) is 18.3 Å². The first-order valence-corrected chi connectivity index (χ1v) is 9.95. The number of anilines is 1. The number of hydrogen-bond donors (Lipinski definition) is 1. The van der Waals surface area contributed by atoms with E-state index in [1.54, 1.807) is 25.1 Å². The van der Waals surface area contributed by atoms with Gasteiger partial charge in [0.15, 0.2) is 10.0 Å².